The fourth-order valence-corrected chi connectivity index (χ4v) is 2.54. The molecule has 128 valence electrons. The van der Waals surface area contributed by atoms with E-state index in [4.69, 9.17) is 9.84 Å². The molecular weight excluding hydrogens is 327 g/mol. The van der Waals surface area contributed by atoms with Crippen LogP contribution in [0.1, 0.15) is 5.69 Å². The maximum atomic E-state index is 13.2. The third kappa shape index (κ3) is 3.45. The highest BCUT2D eigenvalue weighted by Crippen LogP contribution is 2.38. The average Bonchev–Trinajstić information content (AvgIpc) is 2.95. The van der Waals surface area contributed by atoms with Crippen molar-refractivity contribution in [2.75, 3.05) is 6.61 Å². The predicted octanol–water partition coefficient (Wildman–Crippen LogP) is 3.36. The lowest BCUT2D eigenvalue weighted by Crippen LogP contribution is -2.09. The number of hydrogen-bond donors (Lipinski definition) is 3. The smallest absolute Gasteiger partial charge is 0.341 e. The molecule has 0 aliphatic heterocycles. The van der Waals surface area contributed by atoms with Crippen molar-refractivity contribution in [3.63, 3.8) is 0 Å². The molecule has 0 radical (unpaired) electrons. The molecule has 0 bridgehead atoms. The van der Waals surface area contributed by atoms with Crippen LogP contribution in [0.4, 0.5) is 4.39 Å². The topological polar surface area (TPSA) is 95.4 Å². The fraction of sp³-hybridized carbons (Fsp3) is 0.111. The van der Waals surface area contributed by atoms with Crippen LogP contribution >= 0.6 is 0 Å². The number of benzene rings is 2. The van der Waals surface area contributed by atoms with Crippen molar-refractivity contribution in [3.05, 3.63) is 54.0 Å². The number of rotatable bonds is 5. The van der Waals surface area contributed by atoms with Gasteiger partial charge in [-0.25, -0.2) is 9.18 Å². The first-order valence-electron chi connectivity index (χ1n) is 7.44. The number of aliphatic carboxylic acids is 1. The monoisotopic (exact) mass is 342 g/mol. The number of ether oxygens (including phenoxy) is 1. The third-order valence-corrected chi connectivity index (χ3v) is 3.67. The predicted molar refractivity (Wildman–Crippen MR) is 89.0 cm³/mol. The lowest BCUT2D eigenvalue weighted by Gasteiger charge is -2.09. The Hall–Kier alpha value is -3.35. The van der Waals surface area contributed by atoms with Gasteiger partial charge in [-0.1, -0.05) is 12.1 Å². The summed E-state index contributed by atoms with van der Waals surface area (Å²) in [6.07, 6.45) is 0. The van der Waals surface area contributed by atoms with E-state index in [0.29, 0.717) is 11.3 Å². The first kappa shape index (κ1) is 16.5. The molecule has 3 aromatic rings. The number of carbonyl (C=O) groups is 1. The normalized spacial score (nSPS) is 10.6. The molecular formula is C18H15FN2O4. The van der Waals surface area contributed by atoms with Gasteiger partial charge in [0.05, 0.1) is 0 Å². The van der Waals surface area contributed by atoms with Crippen LogP contribution < -0.4 is 4.74 Å². The number of halogens is 1. The summed E-state index contributed by atoms with van der Waals surface area (Å²) in [5.74, 6) is -1.31. The number of nitrogens with one attached hydrogen (secondary N) is 1. The Morgan fingerprint density at radius 2 is 1.96 bits per heavy atom. The summed E-state index contributed by atoms with van der Waals surface area (Å²) in [5, 5.41) is 26.0. The highest BCUT2D eigenvalue weighted by Gasteiger charge is 2.17. The van der Waals surface area contributed by atoms with Crippen molar-refractivity contribution >= 4 is 5.97 Å². The Bertz CT molecular complexity index is 919. The van der Waals surface area contributed by atoms with Gasteiger partial charge in [0.1, 0.15) is 23.0 Å². The molecule has 6 nitrogen and oxygen atoms in total. The summed E-state index contributed by atoms with van der Waals surface area (Å²) in [4.78, 5) is 10.5. The molecule has 7 heteroatoms. The minimum Gasteiger partial charge on any atom is -0.507 e. The van der Waals surface area contributed by atoms with E-state index in [9.17, 15) is 14.3 Å². The number of phenolic OH excluding ortho intramolecular Hbond substituents is 1. The van der Waals surface area contributed by atoms with Gasteiger partial charge in [-0.3, -0.25) is 5.10 Å². The van der Waals surface area contributed by atoms with Crippen LogP contribution in [0.25, 0.3) is 22.4 Å². The fourth-order valence-electron chi connectivity index (χ4n) is 2.54. The van der Waals surface area contributed by atoms with Gasteiger partial charge < -0.3 is 14.9 Å². The second-order valence-electron chi connectivity index (χ2n) is 5.44. The van der Waals surface area contributed by atoms with Crippen molar-refractivity contribution in [1.82, 2.24) is 10.2 Å². The van der Waals surface area contributed by atoms with Crippen molar-refractivity contribution in [2.24, 2.45) is 0 Å². The number of nitrogens with zero attached hydrogens (tertiary/aromatic N) is 1. The molecule has 3 rings (SSSR count). The number of aromatic hydroxyl groups is 1. The molecule has 0 aliphatic rings. The van der Waals surface area contributed by atoms with E-state index >= 15 is 0 Å². The van der Waals surface area contributed by atoms with Crippen LogP contribution in [-0.4, -0.2) is 33.0 Å². The first-order chi connectivity index (χ1) is 12.0. The zero-order valence-electron chi connectivity index (χ0n) is 13.3. The molecule has 1 aromatic heterocycles. The van der Waals surface area contributed by atoms with Crippen LogP contribution in [0.3, 0.4) is 0 Å². The lowest BCUT2D eigenvalue weighted by atomic mass is 9.98. The van der Waals surface area contributed by atoms with Crippen molar-refractivity contribution in [2.45, 2.75) is 6.92 Å². The number of aromatic nitrogens is 2. The van der Waals surface area contributed by atoms with Crippen LogP contribution in [0.2, 0.25) is 0 Å². The molecule has 0 fully saturated rings. The van der Waals surface area contributed by atoms with E-state index in [0.717, 1.165) is 16.8 Å². The minimum absolute atomic E-state index is 0.0993. The summed E-state index contributed by atoms with van der Waals surface area (Å²) < 4.78 is 18.2. The van der Waals surface area contributed by atoms with Crippen LogP contribution in [-0.2, 0) is 4.79 Å². The molecule has 0 aliphatic carbocycles. The summed E-state index contributed by atoms with van der Waals surface area (Å²) >= 11 is 0. The first-order valence-corrected chi connectivity index (χ1v) is 7.44. The van der Waals surface area contributed by atoms with Gasteiger partial charge in [0.2, 0.25) is 0 Å². The molecule has 0 saturated carbocycles. The van der Waals surface area contributed by atoms with E-state index in [-0.39, 0.29) is 17.3 Å². The van der Waals surface area contributed by atoms with Gasteiger partial charge in [-0.15, -0.1) is 0 Å². The average molecular weight is 342 g/mol. The van der Waals surface area contributed by atoms with Crippen molar-refractivity contribution in [3.8, 4) is 33.9 Å². The number of H-pyrrole nitrogens is 1. The lowest BCUT2D eigenvalue weighted by molar-refractivity contribution is -0.139. The van der Waals surface area contributed by atoms with Crippen LogP contribution in [0, 0.1) is 12.7 Å². The van der Waals surface area contributed by atoms with E-state index in [1.807, 2.05) is 6.92 Å². The third-order valence-electron chi connectivity index (χ3n) is 3.67. The van der Waals surface area contributed by atoms with Gasteiger partial charge >= 0.3 is 5.97 Å². The number of aryl methyl sites for hydroxylation is 1. The SMILES string of the molecule is Cc1[nH]nc(-c2ccc(OCC(=O)O)cc2O)c1-c1ccc(F)cc1. The Labute approximate surface area is 142 Å². The number of carboxylic acids is 1. The van der Waals surface area contributed by atoms with Crippen molar-refractivity contribution in [1.29, 1.82) is 0 Å². The number of aromatic amines is 1. The van der Waals surface area contributed by atoms with E-state index < -0.39 is 12.6 Å². The molecule has 0 saturated heterocycles. The maximum absolute atomic E-state index is 13.2. The Kier molecular flexibility index (Phi) is 4.38. The highest BCUT2D eigenvalue weighted by molar-refractivity contribution is 5.85. The summed E-state index contributed by atoms with van der Waals surface area (Å²) in [6, 6.07) is 10.5. The van der Waals surface area contributed by atoms with E-state index in [2.05, 4.69) is 10.2 Å². The molecule has 0 spiro atoms. The van der Waals surface area contributed by atoms with E-state index in [1.165, 1.54) is 18.2 Å². The molecule has 0 atom stereocenters. The van der Waals surface area contributed by atoms with Crippen LogP contribution in [0.5, 0.6) is 11.5 Å². The van der Waals surface area contributed by atoms with Gasteiger partial charge in [0, 0.05) is 22.9 Å². The summed E-state index contributed by atoms with van der Waals surface area (Å²) in [7, 11) is 0. The molecule has 1 heterocycles. The molecule has 2 aromatic carbocycles. The quantitative estimate of drug-likeness (QED) is 0.661. The zero-order chi connectivity index (χ0) is 18.0. The van der Waals surface area contributed by atoms with Gasteiger partial charge in [-0.2, -0.15) is 5.10 Å². The van der Waals surface area contributed by atoms with Gasteiger partial charge in [0.15, 0.2) is 6.61 Å². The van der Waals surface area contributed by atoms with Crippen molar-refractivity contribution < 1.29 is 24.1 Å². The summed E-state index contributed by atoms with van der Waals surface area (Å²) in [6.45, 7) is 1.33. The molecule has 0 unspecified atom stereocenters. The maximum Gasteiger partial charge on any atom is 0.341 e. The largest absolute Gasteiger partial charge is 0.507 e. The Morgan fingerprint density at radius 3 is 2.60 bits per heavy atom. The zero-order valence-corrected chi connectivity index (χ0v) is 13.3. The number of phenols is 1. The highest BCUT2D eigenvalue weighted by atomic mass is 19.1. The second-order valence-corrected chi connectivity index (χ2v) is 5.44. The molecule has 0 amide bonds. The van der Waals surface area contributed by atoms with Gasteiger partial charge in [-0.05, 0) is 36.8 Å². The number of carboxylic acid groups (broad SMARTS) is 1. The molecule has 25 heavy (non-hydrogen) atoms. The van der Waals surface area contributed by atoms with Crippen LogP contribution in [0.15, 0.2) is 42.5 Å². The second kappa shape index (κ2) is 6.64. The Balaban J connectivity index is 2.00. The summed E-state index contributed by atoms with van der Waals surface area (Å²) in [5.41, 5.74) is 3.23. The van der Waals surface area contributed by atoms with Gasteiger partial charge in [0.25, 0.3) is 0 Å². The Morgan fingerprint density at radius 1 is 1.24 bits per heavy atom. The van der Waals surface area contributed by atoms with E-state index in [1.54, 1.807) is 24.3 Å². The minimum atomic E-state index is -1.11. The standard InChI is InChI=1S/C18H15FN2O4/c1-10-17(11-2-4-12(19)5-3-11)18(21-20-10)14-7-6-13(8-15(14)22)25-9-16(23)24/h2-8,22H,9H2,1H3,(H,20,21)(H,23,24). The number of hydrogen-bond acceptors (Lipinski definition) is 4. The molecule has 3 N–H and O–H groups in total.